The molecule has 1 saturated heterocycles. The van der Waals surface area contributed by atoms with Crippen LogP contribution in [0.1, 0.15) is 25.5 Å². The monoisotopic (exact) mass is 296 g/mol. The number of halogens is 1. The van der Waals surface area contributed by atoms with Crippen molar-refractivity contribution in [3.8, 4) is 5.75 Å². The third-order valence-electron chi connectivity index (χ3n) is 3.44. The van der Waals surface area contributed by atoms with Crippen LogP contribution in [0.4, 0.5) is 4.39 Å². The minimum absolute atomic E-state index is 0.0988. The summed E-state index contributed by atoms with van der Waals surface area (Å²) in [6.07, 6.45) is -0.647. The van der Waals surface area contributed by atoms with Gasteiger partial charge in [0, 0.05) is 24.7 Å². The number of nitrogens with zero attached hydrogens (tertiary/aromatic N) is 1. The average molecular weight is 296 g/mol. The fraction of sp³-hybridized carbons (Fsp3) is 0.533. The average Bonchev–Trinajstić information content (AvgIpc) is 2.49. The smallest absolute Gasteiger partial charge is 0.263 e. The van der Waals surface area contributed by atoms with Gasteiger partial charge in [-0.2, -0.15) is 0 Å². The normalized spacial score (nSPS) is 18.2. The van der Waals surface area contributed by atoms with Crippen LogP contribution in [0.5, 0.6) is 5.75 Å². The van der Waals surface area contributed by atoms with E-state index >= 15 is 0 Å². The van der Waals surface area contributed by atoms with Crippen LogP contribution in [0, 0.1) is 5.82 Å². The van der Waals surface area contributed by atoms with Crippen molar-refractivity contribution in [3.05, 3.63) is 29.6 Å². The highest BCUT2D eigenvalue weighted by atomic mass is 19.1. The fourth-order valence-corrected chi connectivity index (χ4v) is 2.26. The van der Waals surface area contributed by atoms with Crippen molar-refractivity contribution >= 4 is 5.91 Å². The second-order valence-corrected chi connectivity index (χ2v) is 5.17. The van der Waals surface area contributed by atoms with Crippen molar-refractivity contribution in [1.82, 2.24) is 4.90 Å². The molecular weight excluding hydrogens is 275 g/mol. The molecular formula is C15H21FN2O3. The minimum Gasteiger partial charge on any atom is -0.481 e. The van der Waals surface area contributed by atoms with Crippen LogP contribution in [0.15, 0.2) is 18.2 Å². The molecule has 0 radical (unpaired) electrons. The summed E-state index contributed by atoms with van der Waals surface area (Å²) in [7, 11) is 0. The molecule has 0 aromatic heterocycles. The van der Waals surface area contributed by atoms with E-state index in [1.54, 1.807) is 18.7 Å². The Morgan fingerprint density at radius 1 is 1.38 bits per heavy atom. The lowest BCUT2D eigenvalue weighted by atomic mass is 10.1. The SMILES string of the molecule is CC(Oc1ccc(F)cc1[C@@H](C)N)C(=O)N1CCOCC1. The number of carbonyl (C=O) groups excluding carboxylic acids is 1. The van der Waals surface area contributed by atoms with E-state index in [2.05, 4.69) is 0 Å². The molecule has 21 heavy (non-hydrogen) atoms. The largest absolute Gasteiger partial charge is 0.481 e. The predicted octanol–water partition coefficient (Wildman–Crippen LogP) is 1.47. The van der Waals surface area contributed by atoms with E-state index in [0.29, 0.717) is 37.6 Å². The molecule has 2 atom stereocenters. The first-order valence-corrected chi connectivity index (χ1v) is 7.07. The molecule has 1 aliphatic heterocycles. The van der Waals surface area contributed by atoms with Crippen molar-refractivity contribution in [2.24, 2.45) is 5.73 Å². The van der Waals surface area contributed by atoms with E-state index < -0.39 is 6.10 Å². The van der Waals surface area contributed by atoms with Gasteiger partial charge in [-0.25, -0.2) is 4.39 Å². The summed E-state index contributed by atoms with van der Waals surface area (Å²) in [5.74, 6) is -0.0273. The van der Waals surface area contributed by atoms with Gasteiger partial charge in [0.15, 0.2) is 6.10 Å². The van der Waals surface area contributed by atoms with Crippen molar-refractivity contribution < 1.29 is 18.7 Å². The Labute approximate surface area is 123 Å². The number of carbonyl (C=O) groups is 1. The lowest BCUT2D eigenvalue weighted by Gasteiger charge is -2.29. The molecule has 1 amide bonds. The van der Waals surface area contributed by atoms with Crippen molar-refractivity contribution in [2.75, 3.05) is 26.3 Å². The Hall–Kier alpha value is -1.66. The van der Waals surface area contributed by atoms with Gasteiger partial charge < -0.3 is 20.1 Å². The quantitative estimate of drug-likeness (QED) is 0.914. The van der Waals surface area contributed by atoms with E-state index in [0.717, 1.165) is 0 Å². The van der Waals surface area contributed by atoms with Crippen LogP contribution in [-0.2, 0) is 9.53 Å². The van der Waals surface area contributed by atoms with Crippen molar-refractivity contribution in [1.29, 1.82) is 0 Å². The summed E-state index contributed by atoms with van der Waals surface area (Å²) in [4.78, 5) is 14.0. The highest BCUT2D eigenvalue weighted by Crippen LogP contribution is 2.26. The molecule has 1 fully saturated rings. The molecule has 0 spiro atoms. The van der Waals surface area contributed by atoms with Crippen LogP contribution < -0.4 is 10.5 Å². The first kappa shape index (κ1) is 15.7. The number of morpholine rings is 1. The summed E-state index contributed by atoms with van der Waals surface area (Å²) in [6, 6.07) is 3.78. The highest BCUT2D eigenvalue weighted by molar-refractivity contribution is 5.81. The third-order valence-corrected chi connectivity index (χ3v) is 3.44. The zero-order valence-electron chi connectivity index (χ0n) is 12.3. The zero-order chi connectivity index (χ0) is 15.4. The summed E-state index contributed by atoms with van der Waals surface area (Å²) in [5, 5.41) is 0. The van der Waals surface area contributed by atoms with E-state index in [1.807, 2.05) is 0 Å². The van der Waals surface area contributed by atoms with Gasteiger partial charge in [-0.05, 0) is 32.0 Å². The van der Waals surface area contributed by atoms with Crippen molar-refractivity contribution in [2.45, 2.75) is 26.0 Å². The highest BCUT2D eigenvalue weighted by Gasteiger charge is 2.24. The summed E-state index contributed by atoms with van der Waals surface area (Å²) >= 11 is 0. The predicted molar refractivity (Wildman–Crippen MR) is 76.5 cm³/mol. The number of ether oxygens (including phenoxy) is 2. The first-order chi connectivity index (χ1) is 9.99. The van der Waals surface area contributed by atoms with Gasteiger partial charge in [-0.1, -0.05) is 0 Å². The standard InChI is InChI=1S/C15H21FN2O3/c1-10(17)13-9-12(16)3-4-14(13)21-11(2)15(19)18-5-7-20-8-6-18/h3-4,9-11H,5-8,17H2,1-2H3/t10-,11?/m1/s1. The molecule has 2 N–H and O–H groups in total. The lowest BCUT2D eigenvalue weighted by molar-refractivity contribution is -0.142. The maximum absolute atomic E-state index is 13.3. The minimum atomic E-state index is -0.647. The topological polar surface area (TPSA) is 64.8 Å². The fourth-order valence-electron chi connectivity index (χ4n) is 2.26. The molecule has 6 heteroatoms. The number of hydrogen-bond donors (Lipinski definition) is 1. The molecule has 0 saturated carbocycles. The summed E-state index contributed by atoms with van der Waals surface area (Å²) < 4.78 is 24.2. The van der Waals surface area contributed by atoms with Crippen LogP contribution in [0.25, 0.3) is 0 Å². The maximum Gasteiger partial charge on any atom is 0.263 e. The van der Waals surface area contributed by atoms with Gasteiger partial charge in [0.05, 0.1) is 13.2 Å². The van der Waals surface area contributed by atoms with Crippen LogP contribution in [0.2, 0.25) is 0 Å². The van der Waals surface area contributed by atoms with Crippen LogP contribution in [0.3, 0.4) is 0 Å². The third kappa shape index (κ3) is 3.92. The number of rotatable bonds is 4. The van der Waals surface area contributed by atoms with Gasteiger partial charge in [-0.3, -0.25) is 4.79 Å². The zero-order valence-corrected chi connectivity index (χ0v) is 12.3. The van der Waals surface area contributed by atoms with Gasteiger partial charge in [0.2, 0.25) is 0 Å². The van der Waals surface area contributed by atoms with Gasteiger partial charge in [0.1, 0.15) is 11.6 Å². The molecule has 0 bridgehead atoms. The molecule has 1 aromatic rings. The Balaban J connectivity index is 2.08. The van der Waals surface area contributed by atoms with Crippen LogP contribution in [-0.4, -0.2) is 43.2 Å². The second-order valence-electron chi connectivity index (χ2n) is 5.17. The maximum atomic E-state index is 13.3. The number of amides is 1. The van der Waals surface area contributed by atoms with E-state index in [4.69, 9.17) is 15.2 Å². The molecule has 0 aliphatic carbocycles. The molecule has 1 aromatic carbocycles. The molecule has 116 valence electrons. The molecule has 5 nitrogen and oxygen atoms in total. The Bertz CT molecular complexity index is 502. The summed E-state index contributed by atoms with van der Waals surface area (Å²) in [5.41, 5.74) is 6.37. The van der Waals surface area contributed by atoms with Gasteiger partial charge in [0.25, 0.3) is 5.91 Å². The van der Waals surface area contributed by atoms with Crippen LogP contribution >= 0.6 is 0 Å². The number of benzene rings is 1. The summed E-state index contributed by atoms with van der Waals surface area (Å²) in [6.45, 7) is 5.65. The van der Waals surface area contributed by atoms with Gasteiger partial charge in [-0.15, -0.1) is 0 Å². The van der Waals surface area contributed by atoms with Crippen molar-refractivity contribution in [3.63, 3.8) is 0 Å². The lowest BCUT2D eigenvalue weighted by Crippen LogP contribution is -2.46. The first-order valence-electron chi connectivity index (χ1n) is 7.07. The van der Waals surface area contributed by atoms with Gasteiger partial charge >= 0.3 is 0 Å². The Kier molecular flexibility index (Phi) is 5.14. The Morgan fingerprint density at radius 2 is 2.05 bits per heavy atom. The van der Waals surface area contributed by atoms with E-state index in [1.165, 1.54) is 18.2 Å². The molecule has 1 unspecified atom stereocenters. The van der Waals surface area contributed by atoms with E-state index in [-0.39, 0.29) is 17.8 Å². The second kappa shape index (κ2) is 6.87. The number of hydrogen-bond acceptors (Lipinski definition) is 4. The molecule has 1 heterocycles. The molecule has 1 aliphatic rings. The van der Waals surface area contributed by atoms with E-state index in [9.17, 15) is 9.18 Å². The molecule has 2 rings (SSSR count). The number of nitrogens with two attached hydrogens (primary N) is 1. The Morgan fingerprint density at radius 3 is 2.67 bits per heavy atom.